The van der Waals surface area contributed by atoms with Crippen molar-refractivity contribution < 1.29 is 9.53 Å². The second-order valence-corrected chi connectivity index (χ2v) is 5.55. The van der Waals surface area contributed by atoms with Gasteiger partial charge in [0.25, 0.3) is 5.91 Å². The number of methoxy groups -OCH3 is 1. The molecule has 3 rings (SSSR count). The maximum atomic E-state index is 12.6. The number of benzene rings is 2. The molecule has 0 fully saturated rings. The van der Waals surface area contributed by atoms with Crippen molar-refractivity contribution >= 4 is 35.0 Å². The minimum Gasteiger partial charge on any atom is -0.497 e. The van der Waals surface area contributed by atoms with E-state index in [-0.39, 0.29) is 5.91 Å². The van der Waals surface area contributed by atoms with Crippen molar-refractivity contribution in [3.8, 4) is 5.75 Å². The molecule has 0 atom stereocenters. The van der Waals surface area contributed by atoms with Gasteiger partial charge < -0.3 is 4.74 Å². The first-order valence-corrected chi connectivity index (χ1v) is 7.47. The molecule has 1 aliphatic heterocycles. The summed E-state index contributed by atoms with van der Waals surface area (Å²) in [4.78, 5) is 12.6. The molecule has 116 valence electrons. The molecule has 5 heteroatoms. The fraction of sp³-hybridized carbons (Fsp3) is 0.111. The van der Waals surface area contributed by atoms with Gasteiger partial charge in [-0.25, -0.2) is 0 Å². The second-order valence-electron chi connectivity index (χ2n) is 5.11. The number of halogens is 1. The average Bonchev–Trinajstić information content (AvgIpc) is 2.85. The van der Waals surface area contributed by atoms with Gasteiger partial charge in [-0.2, -0.15) is 10.1 Å². The van der Waals surface area contributed by atoms with Crippen molar-refractivity contribution in [3.63, 3.8) is 0 Å². The molecule has 0 saturated heterocycles. The summed E-state index contributed by atoms with van der Waals surface area (Å²) in [6, 6.07) is 14.5. The van der Waals surface area contributed by atoms with Gasteiger partial charge in [-0.05, 0) is 55.0 Å². The summed E-state index contributed by atoms with van der Waals surface area (Å²) in [7, 11) is 1.60. The van der Waals surface area contributed by atoms with Gasteiger partial charge in [-0.3, -0.25) is 4.79 Å². The predicted molar refractivity (Wildman–Crippen MR) is 93.0 cm³/mol. The van der Waals surface area contributed by atoms with Crippen molar-refractivity contribution in [3.05, 3.63) is 64.7 Å². The Bertz CT molecular complexity index is 793. The number of carbonyl (C=O) groups is 1. The smallest absolute Gasteiger partial charge is 0.280 e. The van der Waals surface area contributed by atoms with E-state index in [0.717, 1.165) is 11.3 Å². The maximum absolute atomic E-state index is 12.6. The molecule has 0 bridgehead atoms. The molecule has 2 aromatic carbocycles. The van der Waals surface area contributed by atoms with E-state index >= 15 is 0 Å². The Morgan fingerprint density at radius 2 is 1.74 bits per heavy atom. The Kier molecular flexibility index (Phi) is 4.17. The predicted octanol–water partition coefficient (Wildman–Crippen LogP) is 4.15. The van der Waals surface area contributed by atoms with Gasteiger partial charge in [0.05, 0.1) is 24.1 Å². The summed E-state index contributed by atoms with van der Waals surface area (Å²) in [5.41, 5.74) is 2.86. The number of rotatable bonds is 3. The summed E-state index contributed by atoms with van der Waals surface area (Å²) < 4.78 is 5.13. The van der Waals surface area contributed by atoms with Crippen LogP contribution in [0.25, 0.3) is 6.08 Å². The lowest BCUT2D eigenvalue weighted by molar-refractivity contribution is -0.114. The normalized spacial score (nSPS) is 16.0. The molecule has 0 saturated carbocycles. The Hall–Kier alpha value is -2.59. The monoisotopic (exact) mass is 326 g/mol. The van der Waals surface area contributed by atoms with Gasteiger partial charge in [-0.15, -0.1) is 0 Å². The van der Waals surface area contributed by atoms with Crippen molar-refractivity contribution in [2.45, 2.75) is 6.92 Å². The molecule has 0 aromatic heterocycles. The molecule has 0 radical (unpaired) electrons. The van der Waals surface area contributed by atoms with Crippen molar-refractivity contribution in [2.24, 2.45) is 5.10 Å². The van der Waals surface area contributed by atoms with Gasteiger partial charge in [0.1, 0.15) is 5.75 Å². The lowest BCUT2D eigenvalue weighted by Crippen LogP contribution is -2.21. The molecular weight excluding hydrogens is 312 g/mol. The highest BCUT2D eigenvalue weighted by Gasteiger charge is 2.28. The van der Waals surface area contributed by atoms with Gasteiger partial charge in [0, 0.05) is 5.02 Å². The Balaban J connectivity index is 1.89. The van der Waals surface area contributed by atoms with Crippen molar-refractivity contribution in [1.82, 2.24) is 0 Å². The number of amides is 1. The largest absolute Gasteiger partial charge is 0.497 e. The zero-order valence-corrected chi connectivity index (χ0v) is 13.5. The number of hydrazone groups is 1. The lowest BCUT2D eigenvalue weighted by atomic mass is 10.1. The van der Waals surface area contributed by atoms with Gasteiger partial charge in [0.2, 0.25) is 0 Å². The summed E-state index contributed by atoms with van der Waals surface area (Å²) >= 11 is 5.88. The summed E-state index contributed by atoms with van der Waals surface area (Å²) in [6.45, 7) is 1.82. The molecule has 23 heavy (non-hydrogen) atoms. The third-order valence-corrected chi connectivity index (χ3v) is 3.81. The first kappa shape index (κ1) is 15.3. The van der Waals surface area contributed by atoms with Crippen LogP contribution in [0.1, 0.15) is 12.5 Å². The van der Waals surface area contributed by atoms with Crippen LogP contribution in [0, 0.1) is 0 Å². The topological polar surface area (TPSA) is 41.9 Å². The number of carbonyl (C=O) groups excluding carboxylic acids is 1. The number of hydrogen-bond acceptors (Lipinski definition) is 3. The zero-order valence-electron chi connectivity index (χ0n) is 12.8. The third kappa shape index (κ3) is 3.12. The fourth-order valence-corrected chi connectivity index (χ4v) is 2.43. The number of ether oxygens (including phenoxy) is 1. The average molecular weight is 327 g/mol. The van der Waals surface area contributed by atoms with Crippen LogP contribution < -0.4 is 9.75 Å². The SMILES string of the molecule is COc1ccc(N2N=C(C)C(=Cc3ccc(Cl)cc3)C2=O)cc1. The van der Waals surface area contributed by atoms with E-state index < -0.39 is 0 Å². The quantitative estimate of drug-likeness (QED) is 0.795. The van der Waals surface area contributed by atoms with Crippen molar-refractivity contribution in [1.29, 1.82) is 0 Å². The molecule has 0 aliphatic carbocycles. The van der Waals surface area contributed by atoms with Crippen LogP contribution in [0.5, 0.6) is 5.75 Å². The van der Waals surface area contributed by atoms with Crippen LogP contribution in [0.3, 0.4) is 0 Å². The Morgan fingerprint density at radius 3 is 2.35 bits per heavy atom. The molecule has 2 aromatic rings. The standard InChI is InChI=1S/C18H15ClN2O2/c1-12-17(11-13-3-5-14(19)6-4-13)18(22)21(20-12)15-7-9-16(23-2)10-8-15/h3-11H,1-2H3. The van der Waals surface area contributed by atoms with Gasteiger partial charge in [0.15, 0.2) is 0 Å². The fourth-order valence-electron chi connectivity index (χ4n) is 2.31. The van der Waals surface area contributed by atoms with E-state index in [1.807, 2.05) is 25.1 Å². The van der Waals surface area contributed by atoms with Crippen LogP contribution in [0.2, 0.25) is 5.02 Å². The molecular formula is C18H15ClN2O2. The number of hydrogen-bond donors (Lipinski definition) is 0. The molecule has 1 aliphatic rings. The van der Waals surface area contributed by atoms with Crippen molar-refractivity contribution in [2.75, 3.05) is 12.1 Å². The van der Waals surface area contributed by atoms with Crippen LogP contribution in [-0.4, -0.2) is 18.7 Å². The lowest BCUT2D eigenvalue weighted by Gasteiger charge is -2.12. The Labute approximate surface area is 139 Å². The molecule has 0 N–H and O–H groups in total. The molecule has 1 amide bonds. The Morgan fingerprint density at radius 1 is 1.09 bits per heavy atom. The second kappa shape index (κ2) is 6.26. The first-order chi connectivity index (χ1) is 11.1. The van der Waals surface area contributed by atoms with E-state index in [0.29, 0.717) is 22.0 Å². The molecule has 1 heterocycles. The van der Waals surface area contributed by atoms with E-state index in [4.69, 9.17) is 16.3 Å². The van der Waals surface area contributed by atoms with Crippen LogP contribution in [0.15, 0.2) is 59.2 Å². The minimum absolute atomic E-state index is 0.150. The third-order valence-electron chi connectivity index (χ3n) is 3.56. The van der Waals surface area contributed by atoms with E-state index in [1.165, 1.54) is 5.01 Å². The highest BCUT2D eigenvalue weighted by atomic mass is 35.5. The number of anilines is 1. The molecule has 0 unspecified atom stereocenters. The summed E-state index contributed by atoms with van der Waals surface area (Å²) in [6.07, 6.45) is 1.82. The van der Waals surface area contributed by atoms with Crippen LogP contribution in [-0.2, 0) is 4.79 Å². The first-order valence-electron chi connectivity index (χ1n) is 7.10. The van der Waals surface area contributed by atoms with Gasteiger partial charge in [-0.1, -0.05) is 23.7 Å². The van der Waals surface area contributed by atoms with Crippen LogP contribution >= 0.6 is 11.6 Å². The summed E-state index contributed by atoms with van der Waals surface area (Å²) in [5.74, 6) is 0.584. The maximum Gasteiger partial charge on any atom is 0.280 e. The zero-order chi connectivity index (χ0) is 16.4. The van der Waals surface area contributed by atoms with E-state index in [2.05, 4.69) is 5.10 Å². The molecule has 4 nitrogen and oxygen atoms in total. The number of nitrogens with zero attached hydrogens (tertiary/aromatic N) is 2. The van der Waals surface area contributed by atoms with Gasteiger partial charge >= 0.3 is 0 Å². The van der Waals surface area contributed by atoms with E-state index in [9.17, 15) is 4.79 Å². The summed E-state index contributed by atoms with van der Waals surface area (Å²) in [5, 5.41) is 6.42. The highest BCUT2D eigenvalue weighted by molar-refractivity contribution is 6.32. The van der Waals surface area contributed by atoms with E-state index in [1.54, 1.807) is 43.5 Å². The highest BCUT2D eigenvalue weighted by Crippen LogP contribution is 2.26. The molecule has 0 spiro atoms. The minimum atomic E-state index is -0.150. The van der Waals surface area contributed by atoms with Crippen LogP contribution in [0.4, 0.5) is 5.69 Å².